The first-order valence-corrected chi connectivity index (χ1v) is 2.67. The van der Waals surface area contributed by atoms with Gasteiger partial charge in [-0.15, -0.1) is 0 Å². The van der Waals surface area contributed by atoms with Gasteiger partial charge in [-0.2, -0.15) is 7.11 Å². The van der Waals surface area contributed by atoms with Gasteiger partial charge in [0.1, 0.15) is 0 Å². The Balaban J connectivity index is -0.00000000990. The Morgan fingerprint density at radius 1 is 1.00 bits per heavy atom. The van der Waals surface area contributed by atoms with Crippen molar-refractivity contribution in [2.24, 2.45) is 0 Å². The number of hydrogen-bond acceptors (Lipinski definition) is 4. The van der Waals surface area contributed by atoms with Gasteiger partial charge in [-0.3, -0.25) is 0 Å². The number of quaternary nitrogens is 3. The summed E-state index contributed by atoms with van der Waals surface area (Å²) in [5.41, 5.74) is 0. The molecule has 9 heavy (non-hydrogen) atoms. The van der Waals surface area contributed by atoms with Crippen molar-refractivity contribution < 1.29 is 32.6 Å². The summed E-state index contributed by atoms with van der Waals surface area (Å²) in [5, 5.41) is 8.25. The van der Waals surface area contributed by atoms with Crippen molar-refractivity contribution in [1.82, 2.24) is 18.5 Å². The van der Waals surface area contributed by atoms with Crippen LogP contribution in [0.3, 0.4) is 0 Å². The molecule has 12 N–H and O–H groups in total. The van der Waals surface area contributed by atoms with Crippen LogP contribution in [0.25, 0.3) is 0 Å². The molecule has 0 heterocycles. The van der Waals surface area contributed by atoms with E-state index in [1.54, 1.807) is 0 Å². The minimum atomic E-state index is -3.94. The van der Waals surface area contributed by atoms with Crippen molar-refractivity contribution in [3.8, 4) is 0 Å². The molecule has 0 saturated carbocycles. The van der Waals surface area contributed by atoms with Crippen molar-refractivity contribution in [3.05, 3.63) is 0 Å². The van der Waals surface area contributed by atoms with Crippen LogP contribution < -0.4 is 31.6 Å². The van der Waals surface area contributed by atoms with E-state index in [2.05, 4.69) is 0 Å². The molecular weight excluding hydrogens is 169 g/mol. The van der Waals surface area contributed by atoms with Crippen molar-refractivity contribution in [3.63, 3.8) is 0 Å². The monoisotopic (exact) mass is 184 g/mol. The summed E-state index contributed by atoms with van der Waals surface area (Å²) in [5.74, 6) is 0. The van der Waals surface area contributed by atoms with Gasteiger partial charge >= 0.3 is 27.5 Å². The average Bonchev–Trinajstić information content (AvgIpc) is 1.41. The van der Waals surface area contributed by atoms with E-state index in [9.17, 15) is 0 Å². The van der Waals surface area contributed by atoms with Crippen LogP contribution in [0.5, 0.6) is 0 Å². The minimum absolute atomic E-state index is 0. The second kappa shape index (κ2) is 42.0. The Bertz CT molecular complexity index is 38.8. The molecule has 0 bridgehead atoms. The van der Waals surface area contributed by atoms with E-state index in [-0.39, 0.29) is 18.5 Å². The van der Waals surface area contributed by atoms with Crippen LogP contribution in [0.2, 0.25) is 0 Å². The first kappa shape index (κ1) is 35.3. The van der Waals surface area contributed by atoms with E-state index in [1.807, 2.05) is 0 Å². The van der Waals surface area contributed by atoms with Crippen LogP contribution in [0.4, 0.5) is 0 Å². The molecule has 0 aromatic carbocycles. The number of hydrogen-bond donors (Lipinski definition) is 3. The zero-order valence-electron chi connectivity index (χ0n) is 6.08. The van der Waals surface area contributed by atoms with Gasteiger partial charge in [0.05, 0.1) is 0 Å². The zero-order chi connectivity index (χ0) is 5.58. The molecule has 0 aromatic heterocycles. The molecule has 0 radical (unpaired) electrons. The molecule has 0 aliphatic rings. The predicted octanol–water partition coefficient (Wildman–Crippen LogP) is -2.39. The first-order valence-electron chi connectivity index (χ1n) is 0.956. The Kier molecular flexibility index (Phi) is 165. The molecule has 0 aromatic rings. The Morgan fingerprint density at radius 3 is 1.00 bits per heavy atom. The maximum absolute atomic E-state index is 8.56. The Morgan fingerprint density at radius 2 is 1.00 bits per heavy atom. The van der Waals surface area contributed by atoms with Crippen LogP contribution >= 0.6 is 0 Å². The van der Waals surface area contributed by atoms with Gasteiger partial charge in [0.2, 0.25) is 0 Å². The second-order valence-electron chi connectivity index (χ2n) is 0.224. The molecular formula is CH15N3O4V. The molecule has 0 rings (SSSR count). The second-order valence-corrected chi connectivity index (χ2v) is 0.922. The molecule has 8 heteroatoms. The summed E-state index contributed by atoms with van der Waals surface area (Å²) < 4.78 is 25.7. The zero-order valence-corrected chi connectivity index (χ0v) is 7.48. The maximum atomic E-state index is 8.56. The summed E-state index contributed by atoms with van der Waals surface area (Å²) in [6.45, 7) is 0. The fraction of sp³-hybridized carbons (Fsp3) is 1.00. The molecule has 0 spiro atoms. The van der Waals surface area contributed by atoms with Crippen LogP contribution in [0, 0.1) is 0 Å². The van der Waals surface area contributed by atoms with Gasteiger partial charge < -0.3 is 23.6 Å². The van der Waals surface area contributed by atoms with Crippen molar-refractivity contribution in [2.75, 3.05) is 7.11 Å². The van der Waals surface area contributed by atoms with Crippen molar-refractivity contribution in [1.29, 1.82) is 0 Å². The summed E-state index contributed by atoms with van der Waals surface area (Å²) in [6.07, 6.45) is 0. The average molecular weight is 184 g/mol. The summed E-state index contributed by atoms with van der Waals surface area (Å²) in [4.78, 5) is 0. The molecule has 0 unspecified atom stereocenters. The Hall–Kier alpha value is 0.144. The predicted molar refractivity (Wildman–Crippen MR) is 24.6 cm³/mol. The molecule has 63 valence electrons. The standard InChI is InChI=1S/CH3O.3H3N.3O.V/c1-2;;;;;;;/h1H3;3*1H3;;;;/q-1;;;;;2*-1;/p+3. The third-order valence-corrected chi connectivity index (χ3v) is 0. The van der Waals surface area contributed by atoms with Gasteiger partial charge in [0.25, 0.3) is 0 Å². The summed E-state index contributed by atoms with van der Waals surface area (Å²) >= 11 is -3.94. The van der Waals surface area contributed by atoms with E-state index in [1.165, 1.54) is 0 Å². The normalized spacial score (nSPS) is 3.56. The van der Waals surface area contributed by atoms with Crippen LogP contribution in [0.1, 0.15) is 0 Å². The first-order chi connectivity index (χ1) is 2.73. The van der Waals surface area contributed by atoms with Gasteiger partial charge in [-0.05, 0) is 0 Å². The van der Waals surface area contributed by atoms with Gasteiger partial charge in [0.15, 0.2) is 0 Å². The molecule has 0 atom stereocenters. The van der Waals surface area contributed by atoms with Gasteiger partial charge in [0, 0.05) is 0 Å². The summed E-state index contributed by atoms with van der Waals surface area (Å²) in [7, 11) is 0.750. The van der Waals surface area contributed by atoms with Crippen LogP contribution in [-0.2, 0) is 19.5 Å². The molecule has 0 aliphatic heterocycles. The summed E-state index contributed by atoms with van der Waals surface area (Å²) in [6, 6.07) is 0. The fourth-order valence-corrected chi connectivity index (χ4v) is 0. The van der Waals surface area contributed by atoms with E-state index in [0.717, 1.165) is 7.11 Å². The molecule has 0 saturated heterocycles. The third-order valence-electron chi connectivity index (χ3n) is 0. The number of rotatable bonds is 0. The van der Waals surface area contributed by atoms with E-state index < -0.39 is 15.8 Å². The molecule has 7 nitrogen and oxygen atoms in total. The quantitative estimate of drug-likeness (QED) is 0.377. The van der Waals surface area contributed by atoms with Gasteiger partial charge in [-0.1, -0.05) is 0 Å². The van der Waals surface area contributed by atoms with Gasteiger partial charge in [-0.25, -0.2) is 0 Å². The molecule has 0 fully saturated rings. The molecule has 0 aliphatic carbocycles. The van der Waals surface area contributed by atoms with Crippen molar-refractivity contribution in [2.45, 2.75) is 0 Å². The molecule has 0 amide bonds. The van der Waals surface area contributed by atoms with E-state index >= 15 is 0 Å². The van der Waals surface area contributed by atoms with E-state index in [4.69, 9.17) is 16.8 Å². The fourth-order valence-electron chi connectivity index (χ4n) is 0. The topological polar surface area (TPSA) is 196 Å². The van der Waals surface area contributed by atoms with Crippen LogP contribution in [-0.4, -0.2) is 7.11 Å². The van der Waals surface area contributed by atoms with E-state index in [0.29, 0.717) is 0 Å². The Labute approximate surface area is 59.0 Å². The van der Waals surface area contributed by atoms with Crippen LogP contribution in [0.15, 0.2) is 0 Å². The van der Waals surface area contributed by atoms with Crippen molar-refractivity contribution >= 4 is 0 Å². The third kappa shape index (κ3) is 14700. The SMILES string of the molecule is C[O-].[NH4+].[NH4+].[NH4+].[O]=[V]([O-])[O-].